The van der Waals surface area contributed by atoms with Crippen LogP contribution in [0, 0.1) is 0 Å². The minimum atomic E-state index is 1.12. The third-order valence-electron chi connectivity index (χ3n) is 2.08. The van der Waals surface area contributed by atoms with E-state index in [1.165, 1.54) is 29.3 Å². The summed E-state index contributed by atoms with van der Waals surface area (Å²) in [4.78, 5) is 0. The molecule has 0 unspecified atom stereocenters. The highest BCUT2D eigenvalue weighted by Crippen LogP contribution is 2.17. The van der Waals surface area contributed by atoms with Gasteiger partial charge in [-0.2, -0.15) is 0 Å². The fourth-order valence-electron chi connectivity index (χ4n) is 1.32. The predicted molar refractivity (Wildman–Crippen MR) is 61.0 cm³/mol. The zero-order chi connectivity index (χ0) is 9.52. The molecular weight excluding hydrogens is 226 g/mol. The Labute approximate surface area is 88.7 Å². The van der Waals surface area contributed by atoms with E-state index in [1.807, 2.05) is 7.05 Å². The molecule has 2 heteroatoms. The minimum Gasteiger partial charge on any atom is -0.320 e. The van der Waals surface area contributed by atoms with Crippen LogP contribution >= 0.6 is 15.9 Å². The van der Waals surface area contributed by atoms with E-state index in [-0.39, 0.29) is 0 Å². The third-order valence-corrected chi connectivity index (χ3v) is 2.85. The summed E-state index contributed by atoms with van der Waals surface area (Å²) in [6.07, 6.45) is 3.67. The van der Waals surface area contributed by atoms with Gasteiger partial charge in [-0.25, -0.2) is 0 Å². The number of rotatable bonds is 5. The number of nitrogens with one attached hydrogen (secondary N) is 1. The monoisotopic (exact) mass is 241 g/mol. The molecule has 1 rings (SSSR count). The zero-order valence-corrected chi connectivity index (χ0v) is 9.60. The van der Waals surface area contributed by atoms with Gasteiger partial charge in [0.1, 0.15) is 0 Å². The number of benzene rings is 1. The van der Waals surface area contributed by atoms with Gasteiger partial charge in [-0.1, -0.05) is 34.1 Å². The smallest absolute Gasteiger partial charge is 0.0207 e. The lowest BCUT2D eigenvalue weighted by Crippen LogP contribution is -2.07. The summed E-state index contributed by atoms with van der Waals surface area (Å²) in [5.41, 5.74) is 1.42. The van der Waals surface area contributed by atoms with Gasteiger partial charge in [0.2, 0.25) is 0 Å². The average Bonchev–Trinajstić information content (AvgIpc) is 2.15. The van der Waals surface area contributed by atoms with Crippen molar-refractivity contribution in [1.82, 2.24) is 5.32 Å². The van der Waals surface area contributed by atoms with Crippen LogP contribution in [0.5, 0.6) is 0 Å². The van der Waals surface area contributed by atoms with Crippen LogP contribution in [-0.2, 0) is 6.42 Å². The molecule has 0 aliphatic rings. The molecule has 0 saturated heterocycles. The van der Waals surface area contributed by atoms with Gasteiger partial charge in [0.15, 0.2) is 0 Å². The van der Waals surface area contributed by atoms with Crippen molar-refractivity contribution in [3.05, 3.63) is 34.3 Å². The fourth-order valence-corrected chi connectivity index (χ4v) is 1.80. The molecule has 13 heavy (non-hydrogen) atoms. The molecule has 0 aliphatic heterocycles. The highest BCUT2D eigenvalue weighted by atomic mass is 79.9. The van der Waals surface area contributed by atoms with E-state index in [0.29, 0.717) is 0 Å². The van der Waals surface area contributed by atoms with Gasteiger partial charge in [-0.05, 0) is 44.5 Å². The maximum absolute atomic E-state index is 3.55. The number of halogens is 1. The first kappa shape index (κ1) is 10.7. The summed E-state index contributed by atoms with van der Waals surface area (Å²) < 4.78 is 1.24. The summed E-state index contributed by atoms with van der Waals surface area (Å²) in [6.45, 7) is 1.12. The van der Waals surface area contributed by atoms with E-state index in [0.717, 1.165) is 6.54 Å². The lowest BCUT2D eigenvalue weighted by atomic mass is 10.1. The quantitative estimate of drug-likeness (QED) is 0.782. The van der Waals surface area contributed by atoms with Crippen molar-refractivity contribution in [2.24, 2.45) is 0 Å². The molecule has 1 N–H and O–H groups in total. The molecule has 1 nitrogen and oxygen atoms in total. The largest absolute Gasteiger partial charge is 0.320 e. The Hall–Kier alpha value is -0.340. The molecule has 0 saturated carbocycles. The molecule has 0 spiro atoms. The topological polar surface area (TPSA) is 12.0 Å². The van der Waals surface area contributed by atoms with Crippen LogP contribution in [0.15, 0.2) is 28.7 Å². The van der Waals surface area contributed by atoms with Crippen LogP contribution in [0.2, 0.25) is 0 Å². The van der Waals surface area contributed by atoms with Crippen LogP contribution in [0.3, 0.4) is 0 Å². The van der Waals surface area contributed by atoms with Crippen molar-refractivity contribution in [1.29, 1.82) is 0 Å². The van der Waals surface area contributed by atoms with Crippen molar-refractivity contribution in [2.45, 2.75) is 19.3 Å². The predicted octanol–water partition coefficient (Wildman–Crippen LogP) is 2.99. The average molecular weight is 242 g/mol. The van der Waals surface area contributed by atoms with E-state index in [1.54, 1.807) is 0 Å². The number of aryl methyl sites for hydroxylation is 1. The maximum atomic E-state index is 3.55. The van der Waals surface area contributed by atoms with Gasteiger partial charge in [-0.3, -0.25) is 0 Å². The molecule has 0 amide bonds. The van der Waals surface area contributed by atoms with Crippen LogP contribution in [0.4, 0.5) is 0 Å². The number of hydrogen-bond acceptors (Lipinski definition) is 1. The summed E-state index contributed by atoms with van der Waals surface area (Å²) in [5, 5.41) is 3.16. The minimum absolute atomic E-state index is 1.12. The Morgan fingerprint density at radius 2 is 2.00 bits per heavy atom. The van der Waals surface area contributed by atoms with Gasteiger partial charge in [0.25, 0.3) is 0 Å². The van der Waals surface area contributed by atoms with Crippen LogP contribution < -0.4 is 5.32 Å². The van der Waals surface area contributed by atoms with Gasteiger partial charge in [0, 0.05) is 4.47 Å². The van der Waals surface area contributed by atoms with Crippen molar-refractivity contribution < 1.29 is 0 Å². The van der Waals surface area contributed by atoms with Gasteiger partial charge in [-0.15, -0.1) is 0 Å². The molecule has 0 heterocycles. The molecule has 0 bridgehead atoms. The standard InChI is InChI=1S/C11H16BrN/c1-13-9-5-4-7-10-6-2-3-8-11(10)12/h2-3,6,8,13H,4-5,7,9H2,1H3. The molecule has 0 aromatic heterocycles. The SMILES string of the molecule is CNCCCCc1ccccc1Br. The van der Waals surface area contributed by atoms with Crippen LogP contribution in [0.1, 0.15) is 18.4 Å². The Balaban J connectivity index is 2.32. The first-order valence-corrected chi connectivity index (χ1v) is 5.52. The second-order valence-corrected chi connectivity index (χ2v) is 4.01. The van der Waals surface area contributed by atoms with Crippen molar-refractivity contribution in [3.63, 3.8) is 0 Å². The van der Waals surface area contributed by atoms with Crippen molar-refractivity contribution in [2.75, 3.05) is 13.6 Å². The normalized spacial score (nSPS) is 10.3. The Morgan fingerprint density at radius 1 is 1.23 bits per heavy atom. The van der Waals surface area contributed by atoms with E-state index in [2.05, 4.69) is 45.5 Å². The second kappa shape index (κ2) is 6.17. The van der Waals surface area contributed by atoms with E-state index in [4.69, 9.17) is 0 Å². The summed E-state index contributed by atoms with van der Waals surface area (Å²) in [5.74, 6) is 0. The molecule has 0 aliphatic carbocycles. The Bertz CT molecular complexity index is 248. The zero-order valence-electron chi connectivity index (χ0n) is 8.02. The first-order chi connectivity index (χ1) is 6.34. The molecule has 0 fully saturated rings. The third kappa shape index (κ3) is 3.92. The van der Waals surface area contributed by atoms with Gasteiger partial charge < -0.3 is 5.32 Å². The second-order valence-electron chi connectivity index (χ2n) is 3.15. The molecule has 72 valence electrons. The number of unbranched alkanes of at least 4 members (excludes halogenated alkanes) is 1. The van der Waals surface area contributed by atoms with Crippen LogP contribution in [-0.4, -0.2) is 13.6 Å². The van der Waals surface area contributed by atoms with E-state index >= 15 is 0 Å². The first-order valence-electron chi connectivity index (χ1n) is 4.72. The summed E-state index contributed by atoms with van der Waals surface area (Å²) in [6, 6.07) is 8.44. The highest BCUT2D eigenvalue weighted by molar-refractivity contribution is 9.10. The van der Waals surface area contributed by atoms with Gasteiger partial charge >= 0.3 is 0 Å². The lowest BCUT2D eigenvalue weighted by Gasteiger charge is -2.03. The molecule has 1 aromatic carbocycles. The Morgan fingerprint density at radius 3 is 2.69 bits per heavy atom. The molecule has 0 radical (unpaired) electrons. The highest BCUT2D eigenvalue weighted by Gasteiger charge is 1.97. The van der Waals surface area contributed by atoms with E-state index in [9.17, 15) is 0 Å². The summed E-state index contributed by atoms with van der Waals surface area (Å²) in [7, 11) is 2.00. The van der Waals surface area contributed by atoms with Crippen molar-refractivity contribution in [3.8, 4) is 0 Å². The van der Waals surface area contributed by atoms with Crippen molar-refractivity contribution >= 4 is 15.9 Å². The maximum Gasteiger partial charge on any atom is 0.0207 e. The van der Waals surface area contributed by atoms with Crippen LogP contribution in [0.25, 0.3) is 0 Å². The summed E-state index contributed by atoms with van der Waals surface area (Å²) >= 11 is 3.55. The molecule has 0 atom stereocenters. The molecular formula is C11H16BrN. The van der Waals surface area contributed by atoms with Gasteiger partial charge in [0.05, 0.1) is 0 Å². The lowest BCUT2D eigenvalue weighted by molar-refractivity contribution is 0.676. The molecule has 1 aromatic rings. The number of hydrogen-bond donors (Lipinski definition) is 1. The fraction of sp³-hybridized carbons (Fsp3) is 0.455. The van der Waals surface area contributed by atoms with E-state index < -0.39 is 0 Å². The Kier molecular flexibility index (Phi) is 5.09.